The molecule has 0 atom stereocenters. The quantitative estimate of drug-likeness (QED) is 0.584. The monoisotopic (exact) mass is 264 g/mol. The summed E-state index contributed by atoms with van der Waals surface area (Å²) in [6.07, 6.45) is -4.00. The molecule has 0 N–H and O–H groups in total. The zero-order chi connectivity index (χ0) is 13.6. The molecule has 0 saturated carbocycles. The lowest BCUT2D eigenvalue weighted by Crippen LogP contribution is -2.19. The Balaban J connectivity index is 2.91. The first-order valence-electron chi connectivity index (χ1n) is 4.87. The fourth-order valence-corrected chi connectivity index (χ4v) is 1.17. The third-order valence-electron chi connectivity index (χ3n) is 1.85. The van der Waals surface area contributed by atoms with Gasteiger partial charge in [0.2, 0.25) is 0 Å². The van der Waals surface area contributed by atoms with E-state index in [1.54, 1.807) is 0 Å². The van der Waals surface area contributed by atoms with Crippen LogP contribution in [0, 0.1) is 0 Å². The number of rotatable bonds is 6. The van der Waals surface area contributed by atoms with E-state index in [-0.39, 0.29) is 23.9 Å². The number of carbonyl (C=O) groups is 1. The summed E-state index contributed by atoms with van der Waals surface area (Å²) in [6, 6.07) is 4.08. The fourth-order valence-electron chi connectivity index (χ4n) is 1.17. The van der Waals surface area contributed by atoms with Crippen LogP contribution in [0.15, 0.2) is 18.2 Å². The molecule has 0 bridgehead atoms. The molecule has 0 aliphatic rings. The molecule has 1 aromatic carbocycles. The first kappa shape index (κ1) is 14.3. The molecule has 0 radical (unpaired) electrons. The highest BCUT2D eigenvalue weighted by Crippen LogP contribution is 2.31. The Kier molecular flexibility index (Phi) is 4.96. The normalized spacial score (nSPS) is 11.1. The number of halogens is 3. The maximum atomic E-state index is 12.0. The maximum absolute atomic E-state index is 12.0. The Bertz CT molecular complexity index is 404. The van der Waals surface area contributed by atoms with Gasteiger partial charge in [0, 0.05) is 7.11 Å². The van der Waals surface area contributed by atoms with Gasteiger partial charge in [0.15, 0.2) is 31.2 Å². The molecule has 4 nitrogen and oxygen atoms in total. The number of para-hydroxylation sites is 1. The van der Waals surface area contributed by atoms with Crippen LogP contribution in [0.25, 0.3) is 0 Å². The van der Waals surface area contributed by atoms with E-state index in [2.05, 4.69) is 9.47 Å². The van der Waals surface area contributed by atoms with Crippen molar-refractivity contribution in [2.75, 3.05) is 20.5 Å². The highest BCUT2D eigenvalue weighted by atomic mass is 19.4. The molecule has 0 aromatic heterocycles. The molecule has 0 aliphatic heterocycles. The van der Waals surface area contributed by atoms with Crippen molar-refractivity contribution in [3.63, 3.8) is 0 Å². The topological polar surface area (TPSA) is 44.8 Å². The highest BCUT2D eigenvalue weighted by molar-refractivity contribution is 5.81. The van der Waals surface area contributed by atoms with Gasteiger partial charge in [-0.25, -0.2) is 0 Å². The zero-order valence-corrected chi connectivity index (χ0v) is 9.49. The van der Waals surface area contributed by atoms with Gasteiger partial charge in [0.25, 0.3) is 0 Å². The van der Waals surface area contributed by atoms with Crippen LogP contribution in [0.4, 0.5) is 13.2 Å². The second kappa shape index (κ2) is 6.25. The van der Waals surface area contributed by atoms with E-state index < -0.39 is 12.8 Å². The van der Waals surface area contributed by atoms with E-state index >= 15 is 0 Å². The standard InChI is InChI=1S/C11H11F3O4/c1-16-7-18-10-8(5-15)3-2-4-9(10)17-6-11(12,13)14/h2-5H,6-7H2,1H3. The lowest BCUT2D eigenvalue weighted by atomic mass is 10.2. The smallest absolute Gasteiger partial charge is 0.422 e. The Morgan fingerprint density at radius 1 is 1.28 bits per heavy atom. The fraction of sp³-hybridized carbons (Fsp3) is 0.364. The van der Waals surface area contributed by atoms with Crippen LogP contribution < -0.4 is 9.47 Å². The van der Waals surface area contributed by atoms with Crippen LogP contribution in [0.2, 0.25) is 0 Å². The summed E-state index contributed by atoms with van der Waals surface area (Å²) in [6.45, 7) is -1.66. The van der Waals surface area contributed by atoms with Crippen molar-refractivity contribution in [2.45, 2.75) is 6.18 Å². The molecule has 0 spiro atoms. The maximum Gasteiger partial charge on any atom is 0.422 e. The van der Waals surface area contributed by atoms with Crippen LogP contribution in [0.3, 0.4) is 0 Å². The molecule has 0 unspecified atom stereocenters. The molecule has 0 fully saturated rings. The second-order valence-corrected chi connectivity index (χ2v) is 3.25. The number of methoxy groups -OCH3 is 1. The van der Waals surface area contributed by atoms with Crippen molar-refractivity contribution in [2.24, 2.45) is 0 Å². The molecule has 18 heavy (non-hydrogen) atoms. The van der Waals surface area contributed by atoms with Gasteiger partial charge in [-0.2, -0.15) is 13.2 Å². The van der Waals surface area contributed by atoms with Crippen molar-refractivity contribution in [3.05, 3.63) is 23.8 Å². The van der Waals surface area contributed by atoms with Crippen molar-refractivity contribution < 1.29 is 32.2 Å². The van der Waals surface area contributed by atoms with Gasteiger partial charge in [-0.05, 0) is 12.1 Å². The zero-order valence-electron chi connectivity index (χ0n) is 9.49. The van der Waals surface area contributed by atoms with E-state index in [1.165, 1.54) is 25.3 Å². The summed E-state index contributed by atoms with van der Waals surface area (Å²) in [5.74, 6) is -0.229. The summed E-state index contributed by atoms with van der Waals surface area (Å²) < 4.78 is 50.4. The Hall–Kier alpha value is -1.76. The average molecular weight is 264 g/mol. The largest absolute Gasteiger partial charge is 0.480 e. The summed E-state index contributed by atoms with van der Waals surface area (Å²) >= 11 is 0. The summed E-state index contributed by atoms with van der Waals surface area (Å²) in [5.41, 5.74) is 0.0896. The molecule has 1 aromatic rings. The van der Waals surface area contributed by atoms with E-state index in [9.17, 15) is 18.0 Å². The second-order valence-electron chi connectivity index (χ2n) is 3.25. The first-order valence-corrected chi connectivity index (χ1v) is 4.87. The Morgan fingerprint density at radius 2 is 2.00 bits per heavy atom. The van der Waals surface area contributed by atoms with Crippen LogP contribution in [-0.4, -0.2) is 33.0 Å². The minimum atomic E-state index is -4.46. The van der Waals surface area contributed by atoms with E-state index in [0.717, 1.165) is 0 Å². The Morgan fingerprint density at radius 3 is 2.56 bits per heavy atom. The van der Waals surface area contributed by atoms with Crippen molar-refractivity contribution in [1.29, 1.82) is 0 Å². The minimum Gasteiger partial charge on any atom is -0.480 e. The molecule has 1 rings (SSSR count). The average Bonchev–Trinajstić information content (AvgIpc) is 2.33. The van der Waals surface area contributed by atoms with Crippen molar-refractivity contribution in [1.82, 2.24) is 0 Å². The summed E-state index contributed by atoms with van der Waals surface area (Å²) in [7, 11) is 1.35. The number of ether oxygens (including phenoxy) is 3. The minimum absolute atomic E-state index is 0.0707. The number of hydrogen-bond donors (Lipinski definition) is 0. The van der Waals surface area contributed by atoms with Gasteiger partial charge < -0.3 is 14.2 Å². The molecular weight excluding hydrogens is 253 g/mol. The summed E-state index contributed by atoms with van der Waals surface area (Å²) in [5, 5.41) is 0. The van der Waals surface area contributed by atoms with Gasteiger partial charge in [-0.15, -0.1) is 0 Å². The lowest BCUT2D eigenvalue weighted by Gasteiger charge is -2.14. The predicted molar refractivity (Wildman–Crippen MR) is 55.9 cm³/mol. The first-order chi connectivity index (χ1) is 8.48. The molecular formula is C11H11F3O4. The molecule has 100 valence electrons. The third-order valence-corrected chi connectivity index (χ3v) is 1.85. The van der Waals surface area contributed by atoms with Gasteiger partial charge in [-0.1, -0.05) is 6.07 Å². The van der Waals surface area contributed by atoms with Gasteiger partial charge in [-0.3, -0.25) is 4.79 Å². The molecule has 0 heterocycles. The van der Waals surface area contributed by atoms with E-state index in [4.69, 9.17) is 4.74 Å². The van der Waals surface area contributed by atoms with Gasteiger partial charge >= 0.3 is 6.18 Å². The van der Waals surface area contributed by atoms with Crippen LogP contribution in [0.1, 0.15) is 10.4 Å². The third kappa shape index (κ3) is 4.25. The number of alkyl halides is 3. The van der Waals surface area contributed by atoms with Crippen LogP contribution >= 0.6 is 0 Å². The van der Waals surface area contributed by atoms with E-state index in [0.29, 0.717) is 6.29 Å². The van der Waals surface area contributed by atoms with Crippen LogP contribution in [-0.2, 0) is 4.74 Å². The molecule has 7 heteroatoms. The molecule has 0 saturated heterocycles. The SMILES string of the molecule is COCOc1c(C=O)cccc1OCC(F)(F)F. The van der Waals surface area contributed by atoms with Crippen molar-refractivity contribution >= 4 is 6.29 Å². The molecule has 0 aliphatic carbocycles. The number of aldehydes is 1. The number of hydrogen-bond acceptors (Lipinski definition) is 4. The Labute approximate surface area is 101 Å². The van der Waals surface area contributed by atoms with Crippen molar-refractivity contribution in [3.8, 4) is 11.5 Å². The highest BCUT2D eigenvalue weighted by Gasteiger charge is 2.29. The van der Waals surface area contributed by atoms with Crippen LogP contribution in [0.5, 0.6) is 11.5 Å². The summed E-state index contributed by atoms with van der Waals surface area (Å²) in [4.78, 5) is 10.7. The number of benzene rings is 1. The molecule has 0 amide bonds. The van der Waals surface area contributed by atoms with Gasteiger partial charge in [0.05, 0.1) is 5.56 Å². The predicted octanol–water partition coefficient (Wildman–Crippen LogP) is 2.42. The number of carbonyl (C=O) groups excluding carboxylic acids is 1. The van der Waals surface area contributed by atoms with E-state index in [1.807, 2.05) is 0 Å². The van der Waals surface area contributed by atoms with Gasteiger partial charge in [0.1, 0.15) is 0 Å². The lowest BCUT2D eigenvalue weighted by molar-refractivity contribution is -0.153.